The van der Waals surface area contributed by atoms with Gasteiger partial charge >= 0.3 is 0 Å². The summed E-state index contributed by atoms with van der Waals surface area (Å²) in [4.78, 5) is 10.1. The average molecular weight is 640 g/mol. The van der Waals surface area contributed by atoms with E-state index in [1.807, 2.05) is 36.4 Å². The van der Waals surface area contributed by atoms with E-state index in [0.29, 0.717) is 5.82 Å². The van der Waals surface area contributed by atoms with Gasteiger partial charge in [0.15, 0.2) is 5.82 Å². The number of para-hydroxylation sites is 3. The molecule has 4 nitrogen and oxygen atoms in total. The molecule has 10 rings (SSSR count). The van der Waals surface area contributed by atoms with Gasteiger partial charge in [0, 0.05) is 43.9 Å². The molecule has 0 saturated carbocycles. The summed E-state index contributed by atoms with van der Waals surface area (Å²) < 4.78 is 9.10. The number of hydrogen-bond acceptors (Lipinski definition) is 3. The van der Waals surface area contributed by atoms with Crippen LogP contribution in [0.15, 0.2) is 180 Å². The predicted molar refractivity (Wildman–Crippen MR) is 205 cm³/mol. The van der Waals surface area contributed by atoms with Crippen LogP contribution in [0.5, 0.6) is 0 Å². The minimum Gasteiger partial charge on any atom is -0.455 e. The minimum absolute atomic E-state index is 0.679. The molecule has 3 aromatic heterocycles. The number of aromatic nitrogens is 3. The van der Waals surface area contributed by atoms with Gasteiger partial charge in [0.1, 0.15) is 11.2 Å². The Morgan fingerprint density at radius 2 is 1.06 bits per heavy atom. The summed E-state index contributed by atoms with van der Waals surface area (Å²) in [5.74, 6) is 0.679. The number of furan rings is 1. The van der Waals surface area contributed by atoms with E-state index >= 15 is 0 Å². The number of benzene rings is 7. The molecule has 0 spiro atoms. The Kier molecular flexibility index (Phi) is 6.46. The molecule has 234 valence electrons. The second kappa shape index (κ2) is 11.4. The zero-order valence-corrected chi connectivity index (χ0v) is 27.0. The van der Waals surface area contributed by atoms with Gasteiger partial charge in [0.2, 0.25) is 0 Å². The van der Waals surface area contributed by atoms with Gasteiger partial charge in [-0.1, -0.05) is 127 Å². The van der Waals surface area contributed by atoms with Crippen LogP contribution in [-0.4, -0.2) is 14.5 Å². The Morgan fingerprint density at radius 3 is 1.88 bits per heavy atom. The molecule has 0 unspecified atom stereocenters. The molecule has 0 saturated heterocycles. The lowest BCUT2D eigenvalue weighted by Gasteiger charge is -2.10. The van der Waals surface area contributed by atoms with E-state index in [1.165, 1.54) is 21.8 Å². The van der Waals surface area contributed by atoms with Crippen molar-refractivity contribution in [1.82, 2.24) is 14.5 Å². The molecular weight excluding hydrogens is 611 g/mol. The van der Waals surface area contributed by atoms with Gasteiger partial charge in [0.25, 0.3) is 0 Å². The van der Waals surface area contributed by atoms with Crippen molar-refractivity contribution in [2.45, 2.75) is 0 Å². The molecule has 0 fully saturated rings. The quantitative estimate of drug-likeness (QED) is 0.188. The summed E-state index contributed by atoms with van der Waals surface area (Å²) in [5.41, 5.74) is 12.1. The molecule has 50 heavy (non-hydrogen) atoms. The number of rotatable bonds is 5. The SMILES string of the molecule is c1ccc(-c2cc(-c3cccc4c3oc3cccc(-c5ccc6c(c5)c5ccccc5n6-c5ccccc5)c34)nc(-c3ccccc3)n2)cc1. The Labute approximate surface area is 288 Å². The third-order valence-corrected chi connectivity index (χ3v) is 9.62. The Bertz CT molecular complexity index is 2800. The van der Waals surface area contributed by atoms with E-state index in [1.54, 1.807) is 0 Å². The van der Waals surface area contributed by atoms with E-state index in [0.717, 1.165) is 66.8 Å². The zero-order valence-electron chi connectivity index (χ0n) is 27.0. The molecule has 0 radical (unpaired) electrons. The topological polar surface area (TPSA) is 43.9 Å². The molecule has 0 aliphatic heterocycles. The highest BCUT2D eigenvalue weighted by Gasteiger charge is 2.20. The maximum atomic E-state index is 6.75. The van der Waals surface area contributed by atoms with E-state index in [2.05, 4.69) is 144 Å². The van der Waals surface area contributed by atoms with Crippen molar-refractivity contribution < 1.29 is 4.42 Å². The summed E-state index contributed by atoms with van der Waals surface area (Å²) in [5, 5.41) is 4.60. The Balaban J connectivity index is 1.18. The van der Waals surface area contributed by atoms with Crippen molar-refractivity contribution in [1.29, 1.82) is 0 Å². The molecule has 0 amide bonds. The smallest absolute Gasteiger partial charge is 0.160 e. The van der Waals surface area contributed by atoms with E-state index in [4.69, 9.17) is 14.4 Å². The van der Waals surface area contributed by atoms with Crippen molar-refractivity contribution in [3.05, 3.63) is 176 Å². The van der Waals surface area contributed by atoms with Crippen LogP contribution < -0.4 is 0 Å². The van der Waals surface area contributed by atoms with Gasteiger partial charge < -0.3 is 8.98 Å². The fourth-order valence-electron chi connectivity index (χ4n) is 7.34. The molecule has 7 aromatic carbocycles. The van der Waals surface area contributed by atoms with E-state index < -0.39 is 0 Å². The van der Waals surface area contributed by atoms with E-state index in [-0.39, 0.29) is 0 Å². The summed E-state index contributed by atoms with van der Waals surface area (Å²) in [7, 11) is 0. The van der Waals surface area contributed by atoms with Crippen LogP contribution in [0.1, 0.15) is 0 Å². The second-order valence-corrected chi connectivity index (χ2v) is 12.6. The van der Waals surface area contributed by atoms with Crippen LogP contribution in [0, 0.1) is 0 Å². The fraction of sp³-hybridized carbons (Fsp3) is 0. The molecular formula is C46H29N3O. The molecule has 0 atom stereocenters. The highest BCUT2D eigenvalue weighted by molar-refractivity contribution is 6.17. The summed E-state index contributed by atoms with van der Waals surface area (Å²) in [6.45, 7) is 0. The molecule has 0 bridgehead atoms. The highest BCUT2D eigenvalue weighted by atomic mass is 16.3. The van der Waals surface area contributed by atoms with Gasteiger partial charge in [-0.3, -0.25) is 0 Å². The molecule has 4 heteroatoms. The first-order chi connectivity index (χ1) is 24.8. The molecule has 10 aromatic rings. The molecule has 0 aliphatic carbocycles. The van der Waals surface area contributed by atoms with Crippen molar-refractivity contribution in [3.8, 4) is 50.7 Å². The number of nitrogens with zero attached hydrogens (tertiary/aromatic N) is 3. The van der Waals surface area contributed by atoms with Crippen molar-refractivity contribution in [2.24, 2.45) is 0 Å². The maximum absolute atomic E-state index is 6.75. The van der Waals surface area contributed by atoms with Crippen LogP contribution in [-0.2, 0) is 0 Å². The first-order valence-electron chi connectivity index (χ1n) is 16.8. The molecule has 0 N–H and O–H groups in total. The van der Waals surface area contributed by atoms with Crippen molar-refractivity contribution in [2.75, 3.05) is 0 Å². The lowest BCUT2D eigenvalue weighted by atomic mass is 9.97. The third kappa shape index (κ3) is 4.54. The van der Waals surface area contributed by atoms with Crippen molar-refractivity contribution >= 4 is 43.7 Å². The second-order valence-electron chi connectivity index (χ2n) is 12.6. The fourth-order valence-corrected chi connectivity index (χ4v) is 7.34. The van der Waals surface area contributed by atoms with Crippen LogP contribution in [0.2, 0.25) is 0 Å². The van der Waals surface area contributed by atoms with E-state index in [9.17, 15) is 0 Å². The molecule has 0 aliphatic rings. The van der Waals surface area contributed by atoms with Crippen LogP contribution in [0.4, 0.5) is 0 Å². The third-order valence-electron chi connectivity index (χ3n) is 9.62. The lowest BCUT2D eigenvalue weighted by molar-refractivity contribution is 0.670. The van der Waals surface area contributed by atoms with Crippen molar-refractivity contribution in [3.63, 3.8) is 0 Å². The van der Waals surface area contributed by atoms with Crippen LogP contribution >= 0.6 is 0 Å². The summed E-state index contributed by atoms with van der Waals surface area (Å²) in [6.07, 6.45) is 0. The average Bonchev–Trinajstić information content (AvgIpc) is 3.74. The molecule has 3 heterocycles. The van der Waals surface area contributed by atoms with Gasteiger partial charge in [-0.2, -0.15) is 0 Å². The number of hydrogen-bond donors (Lipinski definition) is 0. The van der Waals surface area contributed by atoms with Gasteiger partial charge in [-0.25, -0.2) is 9.97 Å². The Morgan fingerprint density at radius 1 is 0.420 bits per heavy atom. The van der Waals surface area contributed by atoms with Crippen LogP contribution in [0.25, 0.3) is 94.5 Å². The monoisotopic (exact) mass is 639 g/mol. The zero-order chi connectivity index (χ0) is 33.0. The predicted octanol–water partition coefficient (Wildman–Crippen LogP) is 12.1. The minimum atomic E-state index is 0.679. The van der Waals surface area contributed by atoms with Gasteiger partial charge in [-0.05, 0) is 59.7 Å². The summed E-state index contributed by atoms with van der Waals surface area (Å²) >= 11 is 0. The first kappa shape index (κ1) is 28.3. The standard InChI is InChI=1S/C46H29N3O/c1-4-14-30(15-5-1)39-29-40(48-46(47-39)31-16-6-2-7-17-31)36-22-12-23-37-44-34(21-13-25-43(44)50-45(36)37)32-26-27-42-38(28-32)35-20-10-11-24-41(35)49(42)33-18-8-3-9-19-33/h1-29H. The highest BCUT2D eigenvalue weighted by Crippen LogP contribution is 2.42. The first-order valence-corrected chi connectivity index (χ1v) is 16.8. The number of fused-ring (bicyclic) bond motifs is 6. The van der Waals surface area contributed by atoms with Crippen LogP contribution in [0.3, 0.4) is 0 Å². The largest absolute Gasteiger partial charge is 0.455 e. The Hall–Kier alpha value is -6.78. The van der Waals surface area contributed by atoms with Gasteiger partial charge in [-0.15, -0.1) is 0 Å². The lowest BCUT2D eigenvalue weighted by Crippen LogP contribution is -1.96. The summed E-state index contributed by atoms with van der Waals surface area (Å²) in [6, 6.07) is 61.3. The van der Waals surface area contributed by atoms with Gasteiger partial charge in [0.05, 0.1) is 22.4 Å². The normalized spacial score (nSPS) is 11.6. The maximum Gasteiger partial charge on any atom is 0.160 e.